The lowest BCUT2D eigenvalue weighted by molar-refractivity contribution is 0.505. The summed E-state index contributed by atoms with van der Waals surface area (Å²) < 4.78 is 1.95. The molecule has 2 N–H and O–H groups in total. The summed E-state index contributed by atoms with van der Waals surface area (Å²) in [5.74, 6) is 1.91. The van der Waals surface area contributed by atoms with E-state index in [2.05, 4.69) is 55.1 Å². The molecule has 2 aromatic rings. The van der Waals surface area contributed by atoms with Gasteiger partial charge < -0.3 is 5.73 Å². The zero-order valence-corrected chi connectivity index (χ0v) is 11.9. The van der Waals surface area contributed by atoms with Crippen molar-refractivity contribution in [3.8, 4) is 0 Å². The van der Waals surface area contributed by atoms with Crippen LogP contribution in [0.1, 0.15) is 42.7 Å². The van der Waals surface area contributed by atoms with E-state index in [1.807, 2.05) is 4.68 Å². The zero-order valence-electron chi connectivity index (χ0n) is 11.9. The van der Waals surface area contributed by atoms with E-state index in [1.165, 1.54) is 5.56 Å². The number of nitrogens with two attached hydrogens (primary N) is 1. The second kappa shape index (κ2) is 5.97. The smallest absolute Gasteiger partial charge is 0.150 e. The van der Waals surface area contributed by atoms with Crippen LogP contribution >= 0.6 is 0 Å². The Balaban J connectivity index is 2.15. The highest BCUT2D eigenvalue weighted by Crippen LogP contribution is 2.14. The first-order valence-electron chi connectivity index (χ1n) is 6.88. The monoisotopic (exact) mass is 258 g/mol. The maximum absolute atomic E-state index is 6.26. The number of benzene rings is 1. The van der Waals surface area contributed by atoms with Crippen LogP contribution in [0.5, 0.6) is 0 Å². The molecule has 0 spiro atoms. The molecule has 1 heterocycles. The first-order chi connectivity index (χ1) is 9.13. The molecule has 102 valence electrons. The van der Waals surface area contributed by atoms with Gasteiger partial charge in [-0.3, -0.25) is 0 Å². The number of nitrogens with zero attached hydrogens (tertiary/aromatic N) is 3. The van der Waals surface area contributed by atoms with E-state index in [9.17, 15) is 0 Å². The van der Waals surface area contributed by atoms with E-state index in [-0.39, 0.29) is 6.04 Å². The summed E-state index contributed by atoms with van der Waals surface area (Å²) >= 11 is 0. The highest BCUT2D eigenvalue weighted by molar-refractivity contribution is 5.23. The minimum Gasteiger partial charge on any atom is -0.322 e. The number of hydrogen-bond acceptors (Lipinski definition) is 3. The van der Waals surface area contributed by atoms with Crippen LogP contribution in [0.25, 0.3) is 0 Å². The van der Waals surface area contributed by atoms with E-state index < -0.39 is 0 Å². The molecule has 0 aliphatic heterocycles. The van der Waals surface area contributed by atoms with Crippen molar-refractivity contribution in [2.45, 2.75) is 46.2 Å². The van der Waals surface area contributed by atoms with Gasteiger partial charge in [0, 0.05) is 18.9 Å². The standard InChI is InChI=1S/C15H22N4/c1-4-14-17-15(5-2)19(18-14)10-13(16)12-8-6-11(3)7-9-12/h6-9,13H,4-5,10,16H2,1-3H3. The molecule has 1 aromatic carbocycles. The minimum atomic E-state index is -0.0442. The van der Waals surface area contributed by atoms with Gasteiger partial charge in [-0.15, -0.1) is 0 Å². The van der Waals surface area contributed by atoms with Gasteiger partial charge >= 0.3 is 0 Å². The van der Waals surface area contributed by atoms with Crippen molar-refractivity contribution < 1.29 is 0 Å². The topological polar surface area (TPSA) is 56.7 Å². The Kier molecular flexibility index (Phi) is 4.32. The molecule has 4 nitrogen and oxygen atoms in total. The highest BCUT2D eigenvalue weighted by atomic mass is 15.3. The van der Waals surface area contributed by atoms with Gasteiger partial charge in [0.15, 0.2) is 5.82 Å². The molecule has 19 heavy (non-hydrogen) atoms. The maximum atomic E-state index is 6.26. The van der Waals surface area contributed by atoms with Crippen molar-refractivity contribution in [1.29, 1.82) is 0 Å². The number of aryl methyl sites for hydroxylation is 3. The van der Waals surface area contributed by atoms with Gasteiger partial charge in [-0.25, -0.2) is 9.67 Å². The molecule has 1 atom stereocenters. The third kappa shape index (κ3) is 3.20. The molecule has 0 saturated carbocycles. The molecular weight excluding hydrogens is 236 g/mol. The summed E-state index contributed by atoms with van der Waals surface area (Å²) in [5, 5.41) is 4.51. The third-order valence-electron chi connectivity index (χ3n) is 3.30. The van der Waals surface area contributed by atoms with Crippen LogP contribution in [0.15, 0.2) is 24.3 Å². The summed E-state index contributed by atoms with van der Waals surface area (Å²) in [6, 6.07) is 8.31. The summed E-state index contributed by atoms with van der Waals surface area (Å²) in [5.41, 5.74) is 8.65. The van der Waals surface area contributed by atoms with Crippen molar-refractivity contribution in [3.63, 3.8) is 0 Å². The molecule has 0 aliphatic rings. The van der Waals surface area contributed by atoms with Crippen molar-refractivity contribution in [2.24, 2.45) is 5.73 Å². The summed E-state index contributed by atoms with van der Waals surface area (Å²) in [4.78, 5) is 4.50. The lowest BCUT2D eigenvalue weighted by Crippen LogP contribution is -2.20. The van der Waals surface area contributed by atoms with Crippen LogP contribution in [0, 0.1) is 6.92 Å². The first-order valence-corrected chi connectivity index (χ1v) is 6.88. The molecule has 1 unspecified atom stereocenters. The predicted octanol–water partition coefficient (Wildman–Crippen LogP) is 2.41. The predicted molar refractivity (Wildman–Crippen MR) is 76.9 cm³/mol. The van der Waals surface area contributed by atoms with E-state index in [1.54, 1.807) is 0 Å². The van der Waals surface area contributed by atoms with Gasteiger partial charge in [0.2, 0.25) is 0 Å². The minimum absolute atomic E-state index is 0.0442. The molecule has 1 aromatic heterocycles. The maximum Gasteiger partial charge on any atom is 0.150 e. The van der Waals surface area contributed by atoms with Gasteiger partial charge in [-0.1, -0.05) is 43.7 Å². The van der Waals surface area contributed by atoms with Gasteiger partial charge in [-0.05, 0) is 12.5 Å². The average molecular weight is 258 g/mol. The Morgan fingerprint density at radius 1 is 1.16 bits per heavy atom. The van der Waals surface area contributed by atoms with Crippen LogP contribution in [0.3, 0.4) is 0 Å². The Morgan fingerprint density at radius 3 is 2.42 bits per heavy atom. The molecule has 4 heteroatoms. The number of rotatable bonds is 5. The number of aromatic nitrogens is 3. The summed E-state index contributed by atoms with van der Waals surface area (Å²) in [6.07, 6.45) is 1.74. The highest BCUT2D eigenvalue weighted by Gasteiger charge is 2.12. The molecule has 0 saturated heterocycles. The normalized spacial score (nSPS) is 12.6. The SMILES string of the molecule is CCc1nc(CC)n(CC(N)c2ccc(C)cc2)n1. The van der Waals surface area contributed by atoms with Gasteiger partial charge in [-0.2, -0.15) is 5.10 Å². The van der Waals surface area contributed by atoms with Crippen molar-refractivity contribution in [2.75, 3.05) is 0 Å². The molecule has 2 rings (SSSR count). The summed E-state index contributed by atoms with van der Waals surface area (Å²) in [7, 11) is 0. The van der Waals surface area contributed by atoms with Crippen LogP contribution < -0.4 is 5.73 Å². The van der Waals surface area contributed by atoms with E-state index in [0.717, 1.165) is 30.1 Å². The largest absolute Gasteiger partial charge is 0.322 e. The Bertz CT molecular complexity index is 528. The van der Waals surface area contributed by atoms with Gasteiger partial charge in [0.05, 0.1) is 6.54 Å². The fourth-order valence-corrected chi connectivity index (χ4v) is 2.09. The first kappa shape index (κ1) is 13.7. The summed E-state index contributed by atoms with van der Waals surface area (Å²) in [6.45, 7) is 6.92. The van der Waals surface area contributed by atoms with Crippen molar-refractivity contribution in [1.82, 2.24) is 14.8 Å². The van der Waals surface area contributed by atoms with Crippen molar-refractivity contribution in [3.05, 3.63) is 47.0 Å². The molecular formula is C15H22N4. The van der Waals surface area contributed by atoms with Gasteiger partial charge in [0.25, 0.3) is 0 Å². The Labute approximate surface area is 114 Å². The van der Waals surface area contributed by atoms with Crippen LogP contribution in [-0.2, 0) is 19.4 Å². The zero-order chi connectivity index (χ0) is 13.8. The van der Waals surface area contributed by atoms with E-state index >= 15 is 0 Å². The lowest BCUT2D eigenvalue weighted by Gasteiger charge is -2.13. The van der Waals surface area contributed by atoms with E-state index in [4.69, 9.17) is 5.73 Å². The van der Waals surface area contributed by atoms with Crippen molar-refractivity contribution >= 4 is 0 Å². The fraction of sp³-hybridized carbons (Fsp3) is 0.467. The van der Waals surface area contributed by atoms with Crippen LogP contribution in [0.4, 0.5) is 0 Å². The quantitative estimate of drug-likeness (QED) is 0.896. The van der Waals surface area contributed by atoms with Crippen LogP contribution in [-0.4, -0.2) is 14.8 Å². The second-order valence-electron chi connectivity index (χ2n) is 4.85. The lowest BCUT2D eigenvalue weighted by atomic mass is 10.1. The average Bonchev–Trinajstić information content (AvgIpc) is 2.81. The van der Waals surface area contributed by atoms with Crippen LogP contribution in [0.2, 0.25) is 0 Å². The molecule has 0 amide bonds. The Hall–Kier alpha value is -1.68. The van der Waals surface area contributed by atoms with E-state index in [0.29, 0.717) is 6.54 Å². The second-order valence-corrected chi connectivity index (χ2v) is 4.85. The Morgan fingerprint density at radius 2 is 1.84 bits per heavy atom. The molecule has 0 bridgehead atoms. The fourth-order valence-electron chi connectivity index (χ4n) is 2.09. The third-order valence-corrected chi connectivity index (χ3v) is 3.30. The molecule has 0 aliphatic carbocycles. The number of hydrogen-bond donors (Lipinski definition) is 1. The molecule has 0 fully saturated rings. The molecule has 0 radical (unpaired) electrons. The van der Waals surface area contributed by atoms with Gasteiger partial charge in [0.1, 0.15) is 5.82 Å².